The third-order valence-corrected chi connectivity index (χ3v) is 7.30. The summed E-state index contributed by atoms with van der Waals surface area (Å²) in [6.07, 6.45) is 1.09. The van der Waals surface area contributed by atoms with Crippen LogP contribution in [0.15, 0.2) is 101 Å². The molecule has 0 saturated carbocycles. The Morgan fingerprint density at radius 2 is 1.55 bits per heavy atom. The molecule has 0 aliphatic heterocycles. The average molecular weight is 451 g/mol. The van der Waals surface area contributed by atoms with E-state index >= 15 is 0 Å². The minimum absolute atomic E-state index is 0.0303. The van der Waals surface area contributed by atoms with E-state index in [0.717, 1.165) is 23.4 Å². The van der Waals surface area contributed by atoms with Crippen molar-refractivity contribution in [3.8, 4) is 5.69 Å². The van der Waals surface area contributed by atoms with Crippen molar-refractivity contribution in [2.24, 2.45) is 0 Å². The summed E-state index contributed by atoms with van der Waals surface area (Å²) in [4.78, 5) is 18.5. The predicted molar refractivity (Wildman–Crippen MR) is 140 cm³/mol. The average Bonchev–Trinajstić information content (AvgIpc) is 2.87. The van der Waals surface area contributed by atoms with Gasteiger partial charge in [-0.2, -0.15) is 0 Å². The van der Waals surface area contributed by atoms with Gasteiger partial charge in [-0.25, -0.2) is 4.98 Å². The molecule has 5 aromatic rings. The summed E-state index contributed by atoms with van der Waals surface area (Å²) in [6, 6.07) is 30.7. The van der Waals surface area contributed by atoms with Gasteiger partial charge in [-0.1, -0.05) is 92.3 Å². The van der Waals surface area contributed by atoms with E-state index in [1.165, 1.54) is 21.9 Å². The van der Waals surface area contributed by atoms with Gasteiger partial charge in [0.25, 0.3) is 5.56 Å². The number of thioether (sulfide) groups is 1. The van der Waals surface area contributed by atoms with Crippen LogP contribution in [0.2, 0.25) is 0 Å². The van der Waals surface area contributed by atoms with Crippen LogP contribution in [0, 0.1) is 0 Å². The van der Waals surface area contributed by atoms with Gasteiger partial charge in [-0.05, 0) is 58.5 Å². The molecule has 5 rings (SSSR count). The van der Waals surface area contributed by atoms with E-state index in [0.29, 0.717) is 16.5 Å². The maximum atomic E-state index is 13.6. The maximum absolute atomic E-state index is 13.6. The van der Waals surface area contributed by atoms with E-state index in [1.807, 2.05) is 36.4 Å². The number of fused-ring (bicyclic) bond motifs is 2. The molecule has 1 aromatic heterocycles. The number of rotatable bonds is 6. The smallest absolute Gasteiger partial charge is 0.266 e. The number of hydrogen-bond acceptors (Lipinski definition) is 3. The van der Waals surface area contributed by atoms with Crippen molar-refractivity contribution in [3.05, 3.63) is 112 Å². The molecule has 0 saturated heterocycles. The highest BCUT2D eigenvalue weighted by Crippen LogP contribution is 2.29. The quantitative estimate of drug-likeness (QED) is 0.200. The van der Waals surface area contributed by atoms with Crippen LogP contribution in [0.5, 0.6) is 0 Å². The third kappa shape index (κ3) is 4.19. The monoisotopic (exact) mass is 450 g/mol. The molecule has 0 bridgehead atoms. The van der Waals surface area contributed by atoms with Crippen LogP contribution in [-0.2, 0) is 5.75 Å². The van der Waals surface area contributed by atoms with Crippen molar-refractivity contribution in [3.63, 3.8) is 0 Å². The summed E-state index contributed by atoms with van der Waals surface area (Å²) in [5.41, 5.74) is 4.07. The topological polar surface area (TPSA) is 34.9 Å². The Balaban J connectivity index is 1.59. The lowest BCUT2D eigenvalue weighted by molar-refractivity contribution is 0.732. The van der Waals surface area contributed by atoms with Crippen molar-refractivity contribution in [1.29, 1.82) is 0 Å². The largest absolute Gasteiger partial charge is 0.268 e. The minimum Gasteiger partial charge on any atom is -0.268 e. The molecule has 0 N–H and O–H groups in total. The highest BCUT2D eigenvalue weighted by atomic mass is 32.2. The lowest BCUT2D eigenvalue weighted by Gasteiger charge is -2.15. The summed E-state index contributed by atoms with van der Waals surface area (Å²) >= 11 is 1.61. The molecule has 164 valence electrons. The molecule has 0 aliphatic carbocycles. The fourth-order valence-electron chi connectivity index (χ4n) is 4.19. The number of hydrogen-bond donors (Lipinski definition) is 0. The van der Waals surface area contributed by atoms with Gasteiger partial charge in [-0.3, -0.25) is 9.36 Å². The van der Waals surface area contributed by atoms with Gasteiger partial charge in [0.15, 0.2) is 5.16 Å². The lowest BCUT2D eigenvalue weighted by Crippen LogP contribution is -2.21. The molecular formula is C29H26N2OS. The molecule has 1 unspecified atom stereocenters. The van der Waals surface area contributed by atoms with E-state index in [2.05, 4.69) is 68.4 Å². The Morgan fingerprint density at radius 3 is 2.33 bits per heavy atom. The maximum Gasteiger partial charge on any atom is 0.266 e. The molecule has 0 spiro atoms. The zero-order chi connectivity index (χ0) is 22.8. The highest BCUT2D eigenvalue weighted by molar-refractivity contribution is 7.98. The van der Waals surface area contributed by atoms with Crippen molar-refractivity contribution in [2.75, 3.05) is 0 Å². The summed E-state index contributed by atoms with van der Waals surface area (Å²) < 4.78 is 1.76. The van der Waals surface area contributed by atoms with Crippen LogP contribution in [0.1, 0.15) is 37.3 Å². The molecule has 4 heteroatoms. The first-order chi connectivity index (χ1) is 16.2. The van der Waals surface area contributed by atoms with Gasteiger partial charge < -0.3 is 0 Å². The Kier molecular flexibility index (Phi) is 6.01. The third-order valence-electron chi connectivity index (χ3n) is 6.31. The molecule has 0 aliphatic rings. The molecule has 0 radical (unpaired) electrons. The van der Waals surface area contributed by atoms with E-state index < -0.39 is 0 Å². The zero-order valence-corrected chi connectivity index (χ0v) is 19.7. The Bertz CT molecular complexity index is 1480. The van der Waals surface area contributed by atoms with Crippen LogP contribution >= 0.6 is 11.8 Å². The molecule has 0 amide bonds. The van der Waals surface area contributed by atoms with E-state index in [1.54, 1.807) is 16.3 Å². The lowest BCUT2D eigenvalue weighted by atomic mass is 9.98. The normalized spacial score (nSPS) is 12.3. The van der Waals surface area contributed by atoms with Gasteiger partial charge in [0.1, 0.15) is 0 Å². The van der Waals surface area contributed by atoms with Crippen LogP contribution in [-0.4, -0.2) is 9.55 Å². The minimum atomic E-state index is -0.0303. The second-order valence-electron chi connectivity index (χ2n) is 8.38. The number of nitrogens with zero attached hydrogens (tertiary/aromatic N) is 2. The standard InChI is InChI=1S/C29H26N2OS/c1-3-20(2)21-15-17-24(18-16-21)31-28(32)26-13-6-7-14-27(26)30-29(31)33-19-23-11-8-10-22-9-4-5-12-25(22)23/h4-18,20H,3,19H2,1-2H3. The van der Waals surface area contributed by atoms with Gasteiger partial charge in [0.05, 0.1) is 16.6 Å². The second-order valence-corrected chi connectivity index (χ2v) is 9.32. The number of benzene rings is 4. The molecule has 4 aromatic carbocycles. The first kappa shape index (κ1) is 21.5. The Hall–Kier alpha value is -3.37. The van der Waals surface area contributed by atoms with Crippen molar-refractivity contribution < 1.29 is 0 Å². The first-order valence-corrected chi connectivity index (χ1v) is 12.4. The fraction of sp³-hybridized carbons (Fsp3) is 0.172. The SMILES string of the molecule is CCC(C)c1ccc(-n2c(SCc3cccc4ccccc34)nc3ccccc3c2=O)cc1. The summed E-state index contributed by atoms with van der Waals surface area (Å²) in [6.45, 7) is 4.42. The highest BCUT2D eigenvalue weighted by Gasteiger charge is 2.14. The first-order valence-electron chi connectivity index (χ1n) is 11.4. The Labute approximate surface area is 198 Å². The Morgan fingerprint density at radius 1 is 0.848 bits per heavy atom. The predicted octanol–water partition coefficient (Wildman–Crippen LogP) is 7.34. The zero-order valence-electron chi connectivity index (χ0n) is 18.9. The van der Waals surface area contributed by atoms with Crippen molar-refractivity contribution >= 4 is 33.4 Å². The van der Waals surface area contributed by atoms with Crippen LogP contribution in [0.25, 0.3) is 27.4 Å². The summed E-state index contributed by atoms with van der Waals surface area (Å²) in [5.74, 6) is 1.22. The van der Waals surface area contributed by atoms with Crippen LogP contribution < -0.4 is 5.56 Å². The summed E-state index contributed by atoms with van der Waals surface area (Å²) in [7, 11) is 0. The number of para-hydroxylation sites is 1. The van der Waals surface area contributed by atoms with Crippen molar-refractivity contribution in [1.82, 2.24) is 9.55 Å². The van der Waals surface area contributed by atoms with Crippen LogP contribution in [0.3, 0.4) is 0 Å². The van der Waals surface area contributed by atoms with E-state index in [4.69, 9.17) is 4.98 Å². The van der Waals surface area contributed by atoms with Gasteiger partial charge >= 0.3 is 0 Å². The van der Waals surface area contributed by atoms with Gasteiger partial charge in [0.2, 0.25) is 0 Å². The second kappa shape index (κ2) is 9.24. The van der Waals surface area contributed by atoms with Crippen LogP contribution in [0.4, 0.5) is 0 Å². The van der Waals surface area contributed by atoms with Crippen molar-refractivity contribution in [2.45, 2.75) is 37.1 Å². The van der Waals surface area contributed by atoms with E-state index in [-0.39, 0.29) is 5.56 Å². The molecule has 3 nitrogen and oxygen atoms in total. The summed E-state index contributed by atoms with van der Waals surface area (Å²) in [5, 5.41) is 3.81. The molecular weight excluding hydrogens is 424 g/mol. The fourth-order valence-corrected chi connectivity index (χ4v) is 5.20. The molecule has 0 fully saturated rings. The van der Waals surface area contributed by atoms with Gasteiger partial charge in [0, 0.05) is 5.75 Å². The molecule has 1 atom stereocenters. The van der Waals surface area contributed by atoms with E-state index in [9.17, 15) is 4.79 Å². The number of aromatic nitrogens is 2. The van der Waals surface area contributed by atoms with Gasteiger partial charge in [-0.15, -0.1) is 0 Å². The molecule has 1 heterocycles. The molecule has 33 heavy (non-hydrogen) atoms.